The van der Waals surface area contributed by atoms with Gasteiger partial charge >= 0.3 is 5.69 Å². The first-order valence-corrected chi connectivity index (χ1v) is 8.42. The standard InChI is InChI=1S/C14H8Br2Cl2N2O/c15-9-5-12-11(19-14(21)20-12)4-8(9)13(16)7-2-1-6(17)3-10(7)18/h1-5,13H,(H2,19,20,21). The zero-order valence-corrected chi connectivity index (χ0v) is 15.1. The van der Waals surface area contributed by atoms with Crippen LogP contribution in [0.2, 0.25) is 10.0 Å². The van der Waals surface area contributed by atoms with Gasteiger partial charge in [-0.1, -0.05) is 61.1 Å². The summed E-state index contributed by atoms with van der Waals surface area (Å²) in [5.41, 5.74) is 3.12. The molecule has 0 bridgehead atoms. The number of aromatic amines is 2. The van der Waals surface area contributed by atoms with Crippen LogP contribution in [-0.2, 0) is 0 Å². The summed E-state index contributed by atoms with van der Waals surface area (Å²) in [5.74, 6) is 0. The number of nitrogens with one attached hydrogen (secondary N) is 2. The van der Waals surface area contributed by atoms with E-state index in [4.69, 9.17) is 23.2 Å². The summed E-state index contributed by atoms with van der Waals surface area (Å²) in [6.07, 6.45) is 0. The van der Waals surface area contributed by atoms with Crippen molar-refractivity contribution >= 4 is 66.1 Å². The van der Waals surface area contributed by atoms with Crippen molar-refractivity contribution in [3.63, 3.8) is 0 Å². The van der Waals surface area contributed by atoms with Crippen LogP contribution in [0.5, 0.6) is 0 Å². The van der Waals surface area contributed by atoms with Gasteiger partial charge in [0.25, 0.3) is 0 Å². The van der Waals surface area contributed by atoms with Gasteiger partial charge in [0.2, 0.25) is 0 Å². The van der Waals surface area contributed by atoms with E-state index in [-0.39, 0.29) is 10.5 Å². The fourth-order valence-corrected chi connectivity index (χ4v) is 4.45. The predicted octanol–water partition coefficient (Wildman–Crippen LogP) is 5.41. The smallest absolute Gasteiger partial charge is 0.306 e. The summed E-state index contributed by atoms with van der Waals surface area (Å²) >= 11 is 19.4. The molecule has 108 valence electrons. The van der Waals surface area contributed by atoms with Gasteiger partial charge in [-0.2, -0.15) is 0 Å². The van der Waals surface area contributed by atoms with E-state index in [2.05, 4.69) is 41.8 Å². The first kappa shape index (κ1) is 15.2. The molecule has 1 aromatic heterocycles. The molecule has 3 aromatic rings. The van der Waals surface area contributed by atoms with E-state index < -0.39 is 0 Å². The van der Waals surface area contributed by atoms with Gasteiger partial charge in [0, 0.05) is 14.5 Å². The molecule has 1 unspecified atom stereocenters. The number of rotatable bonds is 2. The second kappa shape index (κ2) is 5.80. The molecule has 0 radical (unpaired) electrons. The Bertz CT molecular complexity index is 888. The minimum absolute atomic E-state index is 0.126. The van der Waals surface area contributed by atoms with Crippen LogP contribution in [0.1, 0.15) is 16.0 Å². The van der Waals surface area contributed by atoms with E-state index >= 15 is 0 Å². The van der Waals surface area contributed by atoms with Crippen molar-refractivity contribution in [2.24, 2.45) is 0 Å². The molecule has 3 nitrogen and oxygen atoms in total. The van der Waals surface area contributed by atoms with Crippen LogP contribution < -0.4 is 5.69 Å². The number of alkyl halides is 1. The lowest BCUT2D eigenvalue weighted by atomic mass is 10.0. The van der Waals surface area contributed by atoms with Crippen LogP contribution >= 0.6 is 55.1 Å². The molecule has 0 amide bonds. The van der Waals surface area contributed by atoms with Crippen molar-refractivity contribution in [1.82, 2.24) is 9.97 Å². The van der Waals surface area contributed by atoms with Crippen LogP contribution in [0, 0.1) is 0 Å². The highest BCUT2D eigenvalue weighted by atomic mass is 79.9. The van der Waals surface area contributed by atoms with Crippen molar-refractivity contribution in [3.05, 3.63) is 66.5 Å². The number of fused-ring (bicyclic) bond motifs is 1. The second-order valence-electron chi connectivity index (χ2n) is 4.53. The molecule has 0 saturated carbocycles. The van der Waals surface area contributed by atoms with E-state index in [0.29, 0.717) is 10.0 Å². The number of imidazole rings is 1. The predicted molar refractivity (Wildman–Crippen MR) is 93.9 cm³/mol. The van der Waals surface area contributed by atoms with Crippen molar-refractivity contribution in [2.75, 3.05) is 0 Å². The number of benzene rings is 2. The van der Waals surface area contributed by atoms with Crippen LogP contribution in [0.3, 0.4) is 0 Å². The molecule has 1 heterocycles. The van der Waals surface area contributed by atoms with E-state index in [0.717, 1.165) is 26.6 Å². The highest BCUT2D eigenvalue weighted by Gasteiger charge is 2.18. The normalized spacial score (nSPS) is 12.8. The summed E-state index contributed by atoms with van der Waals surface area (Å²) in [5, 5.41) is 1.17. The lowest BCUT2D eigenvalue weighted by Crippen LogP contribution is -1.99. The Morgan fingerprint density at radius 3 is 2.33 bits per heavy atom. The summed E-state index contributed by atoms with van der Waals surface area (Å²) in [4.78, 5) is 16.7. The Morgan fingerprint density at radius 1 is 1.00 bits per heavy atom. The summed E-state index contributed by atoms with van der Waals surface area (Å²) < 4.78 is 0.873. The number of aromatic nitrogens is 2. The number of hydrogen-bond donors (Lipinski definition) is 2. The number of hydrogen-bond acceptors (Lipinski definition) is 1. The zero-order chi connectivity index (χ0) is 15.1. The molecular weight excluding hydrogens is 443 g/mol. The third-order valence-electron chi connectivity index (χ3n) is 3.14. The van der Waals surface area contributed by atoms with Gasteiger partial charge in [0.05, 0.1) is 15.9 Å². The molecular formula is C14H8Br2Cl2N2O. The lowest BCUT2D eigenvalue weighted by molar-refractivity contribution is 1.17. The molecule has 2 N–H and O–H groups in total. The Hall–Kier alpha value is -0.750. The van der Waals surface area contributed by atoms with Crippen LogP contribution in [0.25, 0.3) is 11.0 Å². The summed E-state index contributed by atoms with van der Waals surface area (Å²) in [6, 6.07) is 9.14. The van der Waals surface area contributed by atoms with E-state index in [1.54, 1.807) is 12.1 Å². The van der Waals surface area contributed by atoms with Gasteiger partial charge in [-0.15, -0.1) is 0 Å². The highest BCUT2D eigenvalue weighted by molar-refractivity contribution is 9.11. The van der Waals surface area contributed by atoms with Crippen LogP contribution in [-0.4, -0.2) is 9.97 Å². The van der Waals surface area contributed by atoms with Gasteiger partial charge in [-0.3, -0.25) is 0 Å². The molecule has 0 spiro atoms. The van der Waals surface area contributed by atoms with Gasteiger partial charge in [-0.05, 0) is 35.4 Å². The van der Waals surface area contributed by atoms with E-state index in [1.165, 1.54) is 0 Å². The minimum Gasteiger partial charge on any atom is -0.306 e. The molecule has 7 heteroatoms. The molecule has 0 aliphatic carbocycles. The SMILES string of the molecule is O=c1[nH]c2cc(Br)c(C(Br)c3ccc(Cl)cc3Cl)cc2[nH]1. The van der Waals surface area contributed by atoms with Crippen LogP contribution in [0.4, 0.5) is 0 Å². The molecule has 2 aromatic carbocycles. The molecule has 0 aliphatic rings. The Kier molecular flexibility index (Phi) is 4.19. The average Bonchev–Trinajstić information content (AvgIpc) is 2.76. The van der Waals surface area contributed by atoms with E-state index in [1.807, 2.05) is 18.2 Å². The Labute approximate surface area is 146 Å². The molecule has 1 atom stereocenters. The topological polar surface area (TPSA) is 48.6 Å². The summed E-state index contributed by atoms with van der Waals surface area (Å²) in [7, 11) is 0. The zero-order valence-electron chi connectivity index (χ0n) is 10.4. The Morgan fingerprint density at radius 2 is 1.67 bits per heavy atom. The molecule has 0 saturated heterocycles. The summed E-state index contributed by atoms with van der Waals surface area (Å²) in [6.45, 7) is 0. The largest absolute Gasteiger partial charge is 0.323 e. The van der Waals surface area contributed by atoms with Gasteiger partial charge in [-0.25, -0.2) is 4.79 Å². The van der Waals surface area contributed by atoms with E-state index in [9.17, 15) is 4.79 Å². The minimum atomic E-state index is -0.232. The molecule has 3 rings (SSSR count). The third kappa shape index (κ3) is 2.93. The number of halogens is 4. The maximum Gasteiger partial charge on any atom is 0.323 e. The van der Waals surface area contributed by atoms with Crippen LogP contribution in [0.15, 0.2) is 39.6 Å². The maximum atomic E-state index is 11.4. The monoisotopic (exact) mass is 448 g/mol. The van der Waals surface area contributed by atoms with Crippen molar-refractivity contribution in [2.45, 2.75) is 4.83 Å². The fourth-order valence-electron chi connectivity index (χ4n) is 2.14. The molecule has 0 aliphatic heterocycles. The second-order valence-corrected chi connectivity index (χ2v) is 7.14. The lowest BCUT2D eigenvalue weighted by Gasteiger charge is -2.14. The Balaban J connectivity index is 2.14. The third-order valence-corrected chi connectivity index (χ3v) is 5.38. The molecule has 21 heavy (non-hydrogen) atoms. The molecule has 0 fully saturated rings. The quantitative estimate of drug-likeness (QED) is 0.504. The average molecular weight is 451 g/mol. The van der Waals surface area contributed by atoms with Gasteiger partial charge in [0.1, 0.15) is 0 Å². The van der Waals surface area contributed by atoms with Gasteiger partial charge < -0.3 is 9.97 Å². The van der Waals surface area contributed by atoms with Gasteiger partial charge in [0.15, 0.2) is 0 Å². The number of H-pyrrole nitrogens is 2. The maximum absolute atomic E-state index is 11.4. The fraction of sp³-hybridized carbons (Fsp3) is 0.0714. The van der Waals surface area contributed by atoms with Crippen molar-refractivity contribution in [1.29, 1.82) is 0 Å². The van der Waals surface area contributed by atoms with Crippen molar-refractivity contribution < 1.29 is 0 Å². The first-order chi connectivity index (χ1) is 9.95. The highest BCUT2D eigenvalue weighted by Crippen LogP contribution is 2.40. The first-order valence-electron chi connectivity index (χ1n) is 5.96. The van der Waals surface area contributed by atoms with Crippen molar-refractivity contribution in [3.8, 4) is 0 Å².